The summed E-state index contributed by atoms with van der Waals surface area (Å²) in [6.07, 6.45) is 10.2. The maximum atomic E-state index is 4.96. The second-order valence-electron chi connectivity index (χ2n) is 8.25. The Morgan fingerprint density at radius 2 is 1.94 bits per heavy atom. The smallest absolute Gasteiger partial charge is 0.135 e. The van der Waals surface area contributed by atoms with Gasteiger partial charge in [-0.15, -0.1) is 0 Å². The molecule has 3 N–H and O–H groups in total. The number of aromatic nitrogens is 5. The Labute approximate surface area is 203 Å². The van der Waals surface area contributed by atoms with Gasteiger partial charge in [-0.3, -0.25) is 10.1 Å². The summed E-state index contributed by atoms with van der Waals surface area (Å²) in [5.74, 6) is 0. The van der Waals surface area contributed by atoms with Crippen molar-refractivity contribution in [3.05, 3.63) is 121 Å². The highest BCUT2D eigenvalue weighted by molar-refractivity contribution is 5.94. The van der Waals surface area contributed by atoms with Crippen LogP contribution < -0.4 is 5.32 Å². The van der Waals surface area contributed by atoms with E-state index in [2.05, 4.69) is 56.8 Å². The van der Waals surface area contributed by atoms with Crippen molar-refractivity contribution >= 4 is 27.5 Å². The van der Waals surface area contributed by atoms with Crippen molar-refractivity contribution < 1.29 is 0 Å². The molecule has 1 aromatic carbocycles. The number of nitrogens with zero attached hydrogens (tertiary/aromatic N) is 3. The molecule has 6 heteroatoms. The standard InChI is InChI=1S/C29H26N6/c1-4-21(16-23(5-2)31-19(3)15-20-9-7-6-8-10-20)24-11-12-25-28(33-24)29(35-34-25)26-17-22-13-14-30-18-27(22)32-26/h4-14,16-18,31-32H,2-3,15H2,1H3,(H,34,35)/b21-4+,23-16+. The maximum Gasteiger partial charge on any atom is 0.135 e. The molecule has 172 valence electrons. The predicted molar refractivity (Wildman–Crippen MR) is 143 cm³/mol. The number of nitrogens with one attached hydrogen (secondary N) is 3. The van der Waals surface area contributed by atoms with Crippen LogP contribution in [-0.2, 0) is 6.42 Å². The number of hydrogen-bond acceptors (Lipinski definition) is 4. The predicted octanol–water partition coefficient (Wildman–Crippen LogP) is 6.32. The molecule has 5 rings (SSSR count). The van der Waals surface area contributed by atoms with Gasteiger partial charge in [0.05, 0.1) is 28.6 Å². The van der Waals surface area contributed by atoms with Gasteiger partial charge in [-0.25, -0.2) is 4.98 Å². The topological polar surface area (TPSA) is 82.3 Å². The second-order valence-corrected chi connectivity index (χ2v) is 8.25. The van der Waals surface area contributed by atoms with E-state index in [9.17, 15) is 0 Å². The molecule has 35 heavy (non-hydrogen) atoms. The van der Waals surface area contributed by atoms with E-state index in [1.165, 1.54) is 5.56 Å². The first-order chi connectivity index (χ1) is 17.1. The molecule has 0 amide bonds. The van der Waals surface area contributed by atoms with E-state index in [-0.39, 0.29) is 0 Å². The van der Waals surface area contributed by atoms with E-state index in [0.717, 1.165) is 62.4 Å². The summed E-state index contributed by atoms with van der Waals surface area (Å²) in [5.41, 5.74) is 9.07. The van der Waals surface area contributed by atoms with E-state index in [1.807, 2.05) is 61.7 Å². The Hall–Kier alpha value is -4.71. The molecule has 5 aromatic rings. The quantitative estimate of drug-likeness (QED) is 0.238. The molecule has 0 aliphatic carbocycles. The Morgan fingerprint density at radius 1 is 1.09 bits per heavy atom. The molecule has 0 saturated heterocycles. The van der Waals surface area contributed by atoms with Crippen molar-refractivity contribution in [1.29, 1.82) is 0 Å². The summed E-state index contributed by atoms with van der Waals surface area (Å²) in [5, 5.41) is 12.1. The largest absolute Gasteiger partial charge is 0.359 e. The summed E-state index contributed by atoms with van der Waals surface area (Å²) >= 11 is 0. The molecular weight excluding hydrogens is 432 g/mol. The fourth-order valence-corrected chi connectivity index (χ4v) is 4.06. The van der Waals surface area contributed by atoms with Crippen LogP contribution in [0.1, 0.15) is 18.2 Å². The van der Waals surface area contributed by atoms with Gasteiger partial charge >= 0.3 is 0 Å². The summed E-state index contributed by atoms with van der Waals surface area (Å²) in [7, 11) is 0. The Morgan fingerprint density at radius 3 is 2.71 bits per heavy atom. The van der Waals surface area contributed by atoms with Crippen molar-refractivity contribution in [2.45, 2.75) is 13.3 Å². The van der Waals surface area contributed by atoms with Gasteiger partial charge in [0.15, 0.2) is 0 Å². The zero-order chi connectivity index (χ0) is 24.2. The first-order valence-electron chi connectivity index (χ1n) is 11.4. The van der Waals surface area contributed by atoms with E-state index >= 15 is 0 Å². The lowest BCUT2D eigenvalue weighted by Gasteiger charge is -2.12. The van der Waals surface area contributed by atoms with Gasteiger partial charge in [-0.2, -0.15) is 5.10 Å². The molecule has 0 saturated carbocycles. The van der Waals surface area contributed by atoms with Crippen molar-refractivity contribution in [3.8, 4) is 11.4 Å². The number of allylic oxidation sites excluding steroid dienone is 5. The van der Waals surface area contributed by atoms with Crippen LogP contribution in [0.25, 0.3) is 38.9 Å². The van der Waals surface area contributed by atoms with Gasteiger partial charge in [0.2, 0.25) is 0 Å². The number of benzene rings is 1. The van der Waals surface area contributed by atoms with E-state index in [0.29, 0.717) is 0 Å². The molecule has 4 heterocycles. The van der Waals surface area contributed by atoms with Crippen molar-refractivity contribution in [2.24, 2.45) is 0 Å². The molecule has 6 nitrogen and oxygen atoms in total. The average molecular weight is 459 g/mol. The Kier molecular flexibility index (Phi) is 6.09. The van der Waals surface area contributed by atoms with E-state index < -0.39 is 0 Å². The molecule has 0 unspecified atom stereocenters. The fraction of sp³-hybridized carbons (Fsp3) is 0.0690. The molecule has 0 bridgehead atoms. The molecule has 0 aliphatic rings. The molecule has 0 fully saturated rings. The Balaban J connectivity index is 1.43. The van der Waals surface area contributed by atoms with Gasteiger partial charge in [0, 0.05) is 29.4 Å². The minimum atomic E-state index is 0.736. The van der Waals surface area contributed by atoms with Gasteiger partial charge in [-0.05, 0) is 54.5 Å². The van der Waals surface area contributed by atoms with Gasteiger partial charge in [0.1, 0.15) is 11.2 Å². The molecule has 0 atom stereocenters. The lowest BCUT2D eigenvalue weighted by atomic mass is 10.1. The third kappa shape index (κ3) is 4.68. The van der Waals surface area contributed by atoms with Crippen molar-refractivity contribution in [3.63, 3.8) is 0 Å². The number of rotatable bonds is 8. The first kappa shape index (κ1) is 22.1. The number of fused-ring (bicyclic) bond motifs is 2. The Bertz CT molecular complexity index is 1550. The number of H-pyrrole nitrogens is 2. The van der Waals surface area contributed by atoms with Crippen LogP contribution in [0.15, 0.2) is 110 Å². The van der Waals surface area contributed by atoms with Crippen LogP contribution in [0, 0.1) is 0 Å². The lowest BCUT2D eigenvalue weighted by Crippen LogP contribution is -2.12. The molecule has 0 spiro atoms. The summed E-state index contributed by atoms with van der Waals surface area (Å²) in [4.78, 5) is 12.5. The lowest BCUT2D eigenvalue weighted by molar-refractivity contribution is 0.942. The third-order valence-electron chi connectivity index (χ3n) is 5.81. The van der Waals surface area contributed by atoms with Gasteiger partial charge < -0.3 is 10.3 Å². The SMILES string of the molecule is C=C/C(=C\C(=C/C)c1ccc2[nH]nc(-c3cc4ccncc4[nH]3)c2n1)NC(=C)Cc1ccccc1. The van der Waals surface area contributed by atoms with Crippen LogP contribution in [0.5, 0.6) is 0 Å². The number of hydrogen-bond donors (Lipinski definition) is 3. The van der Waals surface area contributed by atoms with Gasteiger partial charge in [0.25, 0.3) is 0 Å². The molecule has 0 radical (unpaired) electrons. The van der Waals surface area contributed by atoms with Crippen LogP contribution in [0.3, 0.4) is 0 Å². The molecule has 4 aromatic heterocycles. The average Bonchev–Trinajstić information content (AvgIpc) is 3.50. The third-order valence-corrected chi connectivity index (χ3v) is 5.81. The van der Waals surface area contributed by atoms with Crippen molar-refractivity contribution in [2.75, 3.05) is 0 Å². The van der Waals surface area contributed by atoms with Crippen LogP contribution >= 0.6 is 0 Å². The number of aromatic amines is 2. The fourth-order valence-electron chi connectivity index (χ4n) is 4.06. The first-order valence-corrected chi connectivity index (χ1v) is 11.4. The summed E-state index contributed by atoms with van der Waals surface area (Å²) < 4.78 is 0. The second kappa shape index (κ2) is 9.65. The minimum absolute atomic E-state index is 0.736. The zero-order valence-electron chi connectivity index (χ0n) is 19.5. The van der Waals surface area contributed by atoms with E-state index in [1.54, 1.807) is 12.3 Å². The van der Waals surface area contributed by atoms with Crippen LogP contribution in [0.2, 0.25) is 0 Å². The maximum absolute atomic E-state index is 4.96. The van der Waals surface area contributed by atoms with Gasteiger partial charge in [-0.1, -0.05) is 49.6 Å². The van der Waals surface area contributed by atoms with E-state index in [4.69, 9.17) is 4.98 Å². The highest BCUT2D eigenvalue weighted by Crippen LogP contribution is 2.28. The van der Waals surface area contributed by atoms with Crippen LogP contribution in [-0.4, -0.2) is 25.1 Å². The summed E-state index contributed by atoms with van der Waals surface area (Å²) in [6.45, 7) is 10.2. The monoisotopic (exact) mass is 458 g/mol. The summed E-state index contributed by atoms with van der Waals surface area (Å²) in [6, 6.07) is 18.3. The normalized spacial score (nSPS) is 12.3. The molecule has 0 aliphatic heterocycles. The highest BCUT2D eigenvalue weighted by Gasteiger charge is 2.14. The minimum Gasteiger partial charge on any atom is -0.359 e. The molecular formula is C29H26N6. The van der Waals surface area contributed by atoms with Crippen LogP contribution in [0.4, 0.5) is 0 Å². The highest BCUT2D eigenvalue weighted by atomic mass is 15.1. The zero-order valence-corrected chi connectivity index (χ0v) is 19.5. The van der Waals surface area contributed by atoms with Crippen molar-refractivity contribution in [1.82, 2.24) is 30.5 Å². The number of pyridine rings is 2.